The van der Waals surface area contributed by atoms with E-state index in [0.29, 0.717) is 6.42 Å². The third-order valence-electron chi connectivity index (χ3n) is 8.64. The van der Waals surface area contributed by atoms with Crippen LogP contribution in [-0.2, 0) is 9.53 Å². The van der Waals surface area contributed by atoms with Gasteiger partial charge in [-0.15, -0.1) is 0 Å². The van der Waals surface area contributed by atoms with Crippen molar-refractivity contribution in [1.29, 1.82) is 0 Å². The fourth-order valence-corrected chi connectivity index (χ4v) is 5.96. The average Bonchev–Trinajstić information content (AvgIpc) is 3.62. The molecule has 0 spiro atoms. The van der Waals surface area contributed by atoms with E-state index in [0.717, 1.165) is 24.2 Å². The number of hydrogen-bond acceptors (Lipinski definition) is 3. The standard InChI is InChI=1S/C33H65NO2/c1-5-6-7-8-12-17-22-30(27-28-34(2)3)23-18-13-9-10-14-19-24-31-29-32(31)25-20-15-11-16-21-26-33(35)36-4/h30-32H,5-29H2,1-4H3. The Kier molecular flexibility index (Phi) is 21.9. The van der Waals surface area contributed by atoms with Crippen molar-refractivity contribution < 1.29 is 9.53 Å². The van der Waals surface area contributed by atoms with E-state index in [4.69, 9.17) is 4.74 Å². The number of nitrogens with zero attached hydrogens (tertiary/aromatic N) is 1. The zero-order valence-corrected chi connectivity index (χ0v) is 25.2. The maximum absolute atomic E-state index is 11.1. The molecule has 214 valence electrons. The summed E-state index contributed by atoms with van der Waals surface area (Å²) in [5, 5.41) is 0. The van der Waals surface area contributed by atoms with Gasteiger partial charge in [-0.2, -0.15) is 0 Å². The van der Waals surface area contributed by atoms with Gasteiger partial charge in [0.1, 0.15) is 0 Å². The summed E-state index contributed by atoms with van der Waals surface area (Å²) in [4.78, 5) is 13.5. The molecule has 3 heteroatoms. The van der Waals surface area contributed by atoms with Crippen molar-refractivity contribution in [1.82, 2.24) is 4.90 Å². The number of unbranched alkanes of at least 4 members (excludes halogenated alkanes) is 14. The highest BCUT2D eigenvalue weighted by atomic mass is 16.5. The highest BCUT2D eigenvalue weighted by molar-refractivity contribution is 5.68. The van der Waals surface area contributed by atoms with Gasteiger partial charge < -0.3 is 9.64 Å². The number of rotatable bonds is 27. The fraction of sp³-hybridized carbons (Fsp3) is 0.970. The molecule has 0 bridgehead atoms. The summed E-state index contributed by atoms with van der Waals surface area (Å²) in [5.41, 5.74) is 0. The Balaban J connectivity index is 1.91. The summed E-state index contributed by atoms with van der Waals surface area (Å²) in [6.45, 7) is 3.57. The Morgan fingerprint density at radius 2 is 1.17 bits per heavy atom. The molecule has 0 N–H and O–H groups in total. The lowest BCUT2D eigenvalue weighted by molar-refractivity contribution is -0.140. The van der Waals surface area contributed by atoms with Crippen LogP contribution in [0, 0.1) is 17.8 Å². The van der Waals surface area contributed by atoms with E-state index in [-0.39, 0.29) is 5.97 Å². The SMILES string of the molecule is CCCCCCCCC(CCCCCCCCC1CC1CCCCCCCC(=O)OC)CCN(C)C. The summed E-state index contributed by atoms with van der Waals surface area (Å²) in [6, 6.07) is 0. The van der Waals surface area contributed by atoms with Gasteiger partial charge in [-0.3, -0.25) is 4.79 Å². The molecule has 1 aliphatic carbocycles. The number of methoxy groups -OCH3 is 1. The number of carbonyl (C=O) groups is 1. The molecule has 0 saturated heterocycles. The van der Waals surface area contributed by atoms with Gasteiger partial charge >= 0.3 is 5.97 Å². The van der Waals surface area contributed by atoms with Crippen LogP contribution in [0.5, 0.6) is 0 Å². The third kappa shape index (κ3) is 20.5. The van der Waals surface area contributed by atoms with Crippen molar-refractivity contribution in [2.45, 2.75) is 161 Å². The number of esters is 1. The maximum Gasteiger partial charge on any atom is 0.305 e. The van der Waals surface area contributed by atoms with Gasteiger partial charge in [0.15, 0.2) is 0 Å². The highest BCUT2D eigenvalue weighted by Crippen LogP contribution is 2.45. The smallest absolute Gasteiger partial charge is 0.305 e. The second kappa shape index (κ2) is 23.5. The van der Waals surface area contributed by atoms with E-state index < -0.39 is 0 Å². The molecular formula is C33H65NO2. The van der Waals surface area contributed by atoms with Crippen molar-refractivity contribution in [2.24, 2.45) is 17.8 Å². The second-order valence-corrected chi connectivity index (χ2v) is 12.4. The number of carbonyl (C=O) groups excluding carboxylic acids is 1. The van der Waals surface area contributed by atoms with Crippen LogP contribution in [0.3, 0.4) is 0 Å². The predicted octanol–water partition coefficient (Wildman–Crippen LogP) is 9.97. The Labute approximate surface area is 226 Å². The van der Waals surface area contributed by atoms with Gasteiger partial charge in [0.25, 0.3) is 0 Å². The monoisotopic (exact) mass is 508 g/mol. The minimum Gasteiger partial charge on any atom is -0.469 e. The minimum absolute atomic E-state index is 0.0566. The third-order valence-corrected chi connectivity index (χ3v) is 8.64. The molecule has 3 atom stereocenters. The molecule has 1 aliphatic rings. The number of hydrogen-bond donors (Lipinski definition) is 0. The molecular weight excluding hydrogens is 442 g/mol. The topological polar surface area (TPSA) is 29.5 Å². The quantitative estimate of drug-likeness (QED) is 0.0818. The van der Waals surface area contributed by atoms with Crippen molar-refractivity contribution in [3.63, 3.8) is 0 Å². The van der Waals surface area contributed by atoms with Crippen LogP contribution in [0.2, 0.25) is 0 Å². The Hall–Kier alpha value is -0.570. The first-order valence-corrected chi connectivity index (χ1v) is 16.3. The molecule has 0 aromatic heterocycles. The largest absolute Gasteiger partial charge is 0.469 e. The molecule has 0 amide bonds. The van der Waals surface area contributed by atoms with Gasteiger partial charge in [-0.1, -0.05) is 135 Å². The van der Waals surface area contributed by atoms with Crippen molar-refractivity contribution in [3.8, 4) is 0 Å². The van der Waals surface area contributed by atoms with Crippen molar-refractivity contribution >= 4 is 5.97 Å². The summed E-state index contributed by atoms with van der Waals surface area (Å²) >= 11 is 0. The number of ether oxygens (including phenoxy) is 1. The molecule has 3 unspecified atom stereocenters. The van der Waals surface area contributed by atoms with E-state index in [1.807, 2.05) is 0 Å². The molecule has 3 nitrogen and oxygen atoms in total. The first kappa shape index (κ1) is 33.5. The second-order valence-electron chi connectivity index (χ2n) is 12.4. The van der Waals surface area contributed by atoms with Crippen LogP contribution in [0.4, 0.5) is 0 Å². The molecule has 1 fully saturated rings. The van der Waals surface area contributed by atoms with Crippen LogP contribution >= 0.6 is 0 Å². The normalized spacial score (nSPS) is 18.0. The van der Waals surface area contributed by atoms with Crippen LogP contribution in [0.1, 0.15) is 161 Å². The van der Waals surface area contributed by atoms with Crippen LogP contribution in [-0.4, -0.2) is 38.6 Å². The van der Waals surface area contributed by atoms with Crippen LogP contribution < -0.4 is 0 Å². The molecule has 0 heterocycles. The van der Waals surface area contributed by atoms with Gasteiger partial charge in [-0.05, 0) is 57.7 Å². The minimum atomic E-state index is -0.0566. The Morgan fingerprint density at radius 1 is 0.694 bits per heavy atom. The van der Waals surface area contributed by atoms with Crippen LogP contribution in [0.25, 0.3) is 0 Å². The molecule has 1 saturated carbocycles. The summed E-state index contributed by atoms with van der Waals surface area (Å²) in [7, 11) is 5.93. The van der Waals surface area contributed by atoms with Crippen molar-refractivity contribution in [3.05, 3.63) is 0 Å². The average molecular weight is 508 g/mol. The van der Waals surface area contributed by atoms with E-state index in [1.54, 1.807) is 0 Å². The van der Waals surface area contributed by atoms with Gasteiger partial charge in [0.2, 0.25) is 0 Å². The lowest BCUT2D eigenvalue weighted by Gasteiger charge is -2.19. The zero-order chi connectivity index (χ0) is 26.3. The molecule has 36 heavy (non-hydrogen) atoms. The molecule has 1 rings (SSSR count). The molecule has 0 radical (unpaired) electrons. The lowest BCUT2D eigenvalue weighted by atomic mass is 9.91. The predicted molar refractivity (Wildman–Crippen MR) is 158 cm³/mol. The van der Waals surface area contributed by atoms with E-state index in [1.165, 1.54) is 155 Å². The van der Waals surface area contributed by atoms with E-state index in [9.17, 15) is 4.79 Å². The Morgan fingerprint density at radius 3 is 1.67 bits per heavy atom. The molecule has 0 aliphatic heterocycles. The van der Waals surface area contributed by atoms with Gasteiger partial charge in [0, 0.05) is 6.42 Å². The first-order chi connectivity index (χ1) is 17.6. The summed E-state index contributed by atoms with van der Waals surface area (Å²) in [6.07, 6.45) is 33.0. The van der Waals surface area contributed by atoms with E-state index in [2.05, 4.69) is 25.9 Å². The highest BCUT2D eigenvalue weighted by Gasteiger charge is 2.34. The summed E-state index contributed by atoms with van der Waals surface area (Å²) in [5.74, 6) is 3.01. The van der Waals surface area contributed by atoms with Gasteiger partial charge in [0.05, 0.1) is 7.11 Å². The lowest BCUT2D eigenvalue weighted by Crippen LogP contribution is -2.17. The van der Waals surface area contributed by atoms with Gasteiger partial charge in [-0.25, -0.2) is 0 Å². The Bertz CT molecular complexity index is 492. The molecule has 0 aromatic carbocycles. The fourth-order valence-electron chi connectivity index (χ4n) is 5.96. The van der Waals surface area contributed by atoms with Crippen LogP contribution in [0.15, 0.2) is 0 Å². The van der Waals surface area contributed by atoms with Crippen molar-refractivity contribution in [2.75, 3.05) is 27.7 Å². The maximum atomic E-state index is 11.1. The first-order valence-electron chi connectivity index (χ1n) is 16.3. The summed E-state index contributed by atoms with van der Waals surface area (Å²) < 4.78 is 4.70. The molecule has 0 aromatic rings. The zero-order valence-electron chi connectivity index (χ0n) is 25.2. The van der Waals surface area contributed by atoms with E-state index >= 15 is 0 Å².